The molecular weight excluding hydrogens is 414 g/mol. The Morgan fingerprint density at radius 3 is 2.29 bits per heavy atom. The summed E-state index contributed by atoms with van der Waals surface area (Å²) in [4.78, 5) is 4.77. The van der Waals surface area contributed by atoms with Gasteiger partial charge in [0.1, 0.15) is 11.0 Å². The topological polar surface area (TPSA) is 85.2 Å². The standard InChI is InChI=1S/C24H27NO5S/c1-5-24(3,4)23(29-26)20-12-10-18(11-13-20)17(2)25-30-31(27,28)22-15-14-19-8-6-7-9-21(19)16-22/h6-16,23,26H,5H2,1-4H3/b25-17-. The van der Waals surface area contributed by atoms with Crippen LogP contribution in [0, 0.1) is 5.41 Å². The first kappa shape index (κ1) is 22.9. The van der Waals surface area contributed by atoms with Crippen molar-refractivity contribution in [3.05, 3.63) is 77.9 Å². The highest BCUT2D eigenvalue weighted by Crippen LogP contribution is 2.38. The molecule has 0 heterocycles. The van der Waals surface area contributed by atoms with Gasteiger partial charge in [-0.25, -0.2) is 4.89 Å². The Balaban J connectivity index is 1.79. The van der Waals surface area contributed by atoms with Crippen LogP contribution >= 0.6 is 0 Å². The van der Waals surface area contributed by atoms with Gasteiger partial charge in [-0.3, -0.25) is 9.54 Å². The van der Waals surface area contributed by atoms with Gasteiger partial charge < -0.3 is 0 Å². The summed E-state index contributed by atoms with van der Waals surface area (Å²) in [5.41, 5.74) is 1.67. The molecule has 0 aliphatic carbocycles. The molecule has 164 valence electrons. The van der Waals surface area contributed by atoms with Gasteiger partial charge >= 0.3 is 10.1 Å². The normalized spacial score (nSPS) is 13.9. The van der Waals surface area contributed by atoms with Crippen molar-refractivity contribution in [1.82, 2.24) is 0 Å². The molecule has 0 bridgehead atoms. The third-order valence-electron chi connectivity index (χ3n) is 5.64. The summed E-state index contributed by atoms with van der Waals surface area (Å²) in [6, 6.07) is 19.5. The van der Waals surface area contributed by atoms with Gasteiger partial charge in [-0.15, -0.1) is 0 Å². The first-order valence-corrected chi connectivity index (χ1v) is 11.5. The van der Waals surface area contributed by atoms with E-state index in [1.54, 1.807) is 31.2 Å². The Morgan fingerprint density at radius 1 is 1.03 bits per heavy atom. The molecule has 31 heavy (non-hydrogen) atoms. The molecule has 0 amide bonds. The van der Waals surface area contributed by atoms with Gasteiger partial charge in [0, 0.05) is 0 Å². The smallest absolute Gasteiger partial charge is 0.265 e. The molecule has 0 aromatic heterocycles. The lowest BCUT2D eigenvalue weighted by molar-refractivity contribution is -0.305. The molecular formula is C24H27NO5S. The average Bonchev–Trinajstić information content (AvgIpc) is 2.78. The summed E-state index contributed by atoms with van der Waals surface area (Å²) >= 11 is 0. The van der Waals surface area contributed by atoms with E-state index >= 15 is 0 Å². The zero-order valence-electron chi connectivity index (χ0n) is 18.1. The van der Waals surface area contributed by atoms with E-state index in [2.05, 4.69) is 5.16 Å². The highest BCUT2D eigenvalue weighted by atomic mass is 32.2. The monoisotopic (exact) mass is 441 g/mol. The van der Waals surface area contributed by atoms with E-state index in [1.165, 1.54) is 6.07 Å². The van der Waals surface area contributed by atoms with Gasteiger partial charge in [0.05, 0.1) is 5.71 Å². The maximum Gasteiger partial charge on any atom is 0.358 e. The summed E-state index contributed by atoms with van der Waals surface area (Å²) in [5, 5.41) is 14.9. The molecule has 0 aliphatic rings. The Kier molecular flexibility index (Phi) is 6.79. The number of hydrogen-bond acceptors (Lipinski definition) is 6. The van der Waals surface area contributed by atoms with Crippen LogP contribution in [0.15, 0.2) is 76.8 Å². The Hall–Kier alpha value is -2.74. The van der Waals surface area contributed by atoms with Crippen LogP contribution in [0.2, 0.25) is 0 Å². The molecule has 6 nitrogen and oxygen atoms in total. The molecule has 3 rings (SSSR count). The largest absolute Gasteiger partial charge is 0.358 e. The number of rotatable bonds is 8. The molecule has 3 aromatic rings. The second kappa shape index (κ2) is 9.18. The van der Waals surface area contributed by atoms with Crippen LogP contribution in [-0.4, -0.2) is 19.4 Å². The fourth-order valence-electron chi connectivity index (χ4n) is 3.26. The molecule has 0 saturated carbocycles. The number of oxime groups is 1. The maximum absolute atomic E-state index is 12.6. The van der Waals surface area contributed by atoms with Crippen LogP contribution in [0.1, 0.15) is 51.3 Å². The van der Waals surface area contributed by atoms with E-state index in [0.717, 1.165) is 22.8 Å². The molecule has 0 radical (unpaired) electrons. The molecule has 1 N–H and O–H groups in total. The molecule has 0 saturated heterocycles. The zero-order valence-corrected chi connectivity index (χ0v) is 18.9. The predicted octanol–water partition coefficient (Wildman–Crippen LogP) is 5.94. The van der Waals surface area contributed by atoms with Crippen LogP contribution in [0.4, 0.5) is 0 Å². The Bertz CT molecular complexity index is 1180. The van der Waals surface area contributed by atoms with Gasteiger partial charge in [0.15, 0.2) is 0 Å². The minimum atomic E-state index is -4.04. The van der Waals surface area contributed by atoms with E-state index in [4.69, 9.17) is 9.17 Å². The zero-order chi connectivity index (χ0) is 22.6. The van der Waals surface area contributed by atoms with Crippen molar-refractivity contribution in [3.8, 4) is 0 Å². The van der Waals surface area contributed by atoms with Crippen LogP contribution in [0.3, 0.4) is 0 Å². The second-order valence-electron chi connectivity index (χ2n) is 8.16. The molecule has 0 aliphatic heterocycles. The van der Waals surface area contributed by atoms with Crippen molar-refractivity contribution in [2.24, 2.45) is 10.6 Å². The molecule has 1 atom stereocenters. The first-order valence-electron chi connectivity index (χ1n) is 10.1. The summed E-state index contributed by atoms with van der Waals surface area (Å²) in [5.74, 6) is 0. The number of hydrogen-bond donors (Lipinski definition) is 1. The van der Waals surface area contributed by atoms with E-state index in [0.29, 0.717) is 11.3 Å². The first-order chi connectivity index (χ1) is 14.7. The summed E-state index contributed by atoms with van der Waals surface area (Å²) in [7, 11) is -4.04. The van der Waals surface area contributed by atoms with Crippen LogP contribution in [-0.2, 0) is 19.3 Å². The van der Waals surface area contributed by atoms with Gasteiger partial charge in [-0.2, -0.15) is 8.42 Å². The van der Waals surface area contributed by atoms with E-state index < -0.39 is 16.2 Å². The molecule has 0 fully saturated rings. The lowest BCUT2D eigenvalue weighted by Crippen LogP contribution is -2.23. The molecule has 3 aromatic carbocycles. The van der Waals surface area contributed by atoms with E-state index in [-0.39, 0.29) is 10.3 Å². The number of benzene rings is 3. The summed E-state index contributed by atoms with van der Waals surface area (Å²) < 4.78 is 30.1. The van der Waals surface area contributed by atoms with Crippen LogP contribution < -0.4 is 0 Å². The highest BCUT2D eigenvalue weighted by Gasteiger charge is 2.30. The lowest BCUT2D eigenvalue weighted by atomic mass is 9.80. The van der Waals surface area contributed by atoms with Gasteiger partial charge in [0.25, 0.3) is 0 Å². The Morgan fingerprint density at radius 2 is 1.68 bits per heavy atom. The third kappa shape index (κ3) is 5.12. The fraction of sp³-hybridized carbons (Fsp3) is 0.292. The van der Waals surface area contributed by atoms with Gasteiger partial charge in [-0.1, -0.05) is 80.5 Å². The fourth-order valence-corrected chi connectivity index (χ4v) is 4.06. The molecule has 7 heteroatoms. The SMILES string of the molecule is CCC(C)(C)C(OO)c1ccc(/C(C)=N\OS(=O)(=O)c2ccc3ccccc3c2)cc1. The lowest BCUT2D eigenvalue weighted by Gasteiger charge is -2.31. The van der Waals surface area contributed by atoms with Crippen LogP contribution in [0.25, 0.3) is 10.8 Å². The van der Waals surface area contributed by atoms with Crippen molar-refractivity contribution in [2.75, 3.05) is 0 Å². The average molecular weight is 442 g/mol. The predicted molar refractivity (Wildman–Crippen MR) is 121 cm³/mol. The quantitative estimate of drug-likeness (QED) is 0.266. The Labute approximate surface area is 183 Å². The van der Waals surface area contributed by atoms with Crippen molar-refractivity contribution >= 4 is 26.6 Å². The maximum atomic E-state index is 12.6. The summed E-state index contributed by atoms with van der Waals surface area (Å²) in [6.07, 6.45) is 0.342. The van der Waals surface area contributed by atoms with E-state index in [9.17, 15) is 13.7 Å². The van der Waals surface area contributed by atoms with Crippen molar-refractivity contribution in [1.29, 1.82) is 0 Å². The molecule has 0 spiro atoms. The van der Waals surface area contributed by atoms with Gasteiger partial charge in [0.2, 0.25) is 0 Å². The summed E-state index contributed by atoms with van der Waals surface area (Å²) in [6.45, 7) is 7.73. The molecule has 1 unspecified atom stereocenters. The van der Waals surface area contributed by atoms with Gasteiger partial charge in [-0.05, 0) is 52.8 Å². The minimum Gasteiger partial charge on any atom is -0.265 e. The van der Waals surface area contributed by atoms with Crippen molar-refractivity contribution in [2.45, 2.75) is 45.1 Å². The second-order valence-corrected chi connectivity index (χ2v) is 9.69. The van der Waals surface area contributed by atoms with Crippen LogP contribution in [0.5, 0.6) is 0 Å². The number of nitrogens with zero attached hydrogens (tertiary/aromatic N) is 1. The minimum absolute atomic E-state index is 0.0443. The van der Waals surface area contributed by atoms with Crippen molar-refractivity contribution < 1.29 is 22.8 Å². The highest BCUT2D eigenvalue weighted by molar-refractivity contribution is 7.86. The number of fused-ring (bicyclic) bond motifs is 1. The van der Waals surface area contributed by atoms with E-state index in [1.807, 2.05) is 57.2 Å². The van der Waals surface area contributed by atoms with Crippen molar-refractivity contribution in [3.63, 3.8) is 0 Å². The third-order valence-corrected chi connectivity index (χ3v) is 6.74.